The number of para-hydroxylation sites is 1. The summed E-state index contributed by atoms with van der Waals surface area (Å²) in [7, 11) is 0. The molecule has 6 heteroatoms. The van der Waals surface area contributed by atoms with Gasteiger partial charge in [0, 0.05) is 16.1 Å². The van der Waals surface area contributed by atoms with Crippen LogP contribution in [0.25, 0.3) is 11.3 Å². The summed E-state index contributed by atoms with van der Waals surface area (Å²) in [6, 6.07) is 11.2. The molecule has 1 amide bonds. The highest BCUT2D eigenvalue weighted by Gasteiger charge is 2.15. The minimum absolute atomic E-state index is 0.128. The minimum atomic E-state index is -0.913. The molecule has 25 heavy (non-hydrogen) atoms. The largest absolute Gasteiger partial charge is 0.325 e. The molecule has 128 valence electrons. The number of aryl methyl sites for hydroxylation is 2. The molecule has 0 bridgehead atoms. The summed E-state index contributed by atoms with van der Waals surface area (Å²) < 4.78 is 26.5. The Hall–Kier alpha value is -2.60. The molecule has 3 rings (SSSR count). The van der Waals surface area contributed by atoms with E-state index in [0.717, 1.165) is 28.3 Å². The molecule has 0 fully saturated rings. The first-order valence-corrected chi connectivity index (χ1v) is 8.53. The Morgan fingerprint density at radius 1 is 1.12 bits per heavy atom. The van der Waals surface area contributed by atoms with Crippen LogP contribution >= 0.6 is 11.3 Å². The van der Waals surface area contributed by atoms with Crippen molar-refractivity contribution in [1.82, 2.24) is 4.98 Å². The van der Waals surface area contributed by atoms with Crippen molar-refractivity contribution in [2.45, 2.75) is 20.3 Å². The predicted octanol–water partition coefficient (Wildman–Crippen LogP) is 4.89. The maximum absolute atomic E-state index is 13.4. The second kappa shape index (κ2) is 7.11. The quantitative estimate of drug-likeness (QED) is 0.722. The van der Waals surface area contributed by atoms with Crippen LogP contribution in [-0.4, -0.2) is 10.9 Å². The topological polar surface area (TPSA) is 42.0 Å². The molecular weight excluding hydrogens is 342 g/mol. The van der Waals surface area contributed by atoms with Crippen LogP contribution < -0.4 is 5.32 Å². The van der Waals surface area contributed by atoms with Crippen molar-refractivity contribution in [1.29, 1.82) is 0 Å². The molecule has 0 atom stereocenters. The Morgan fingerprint density at radius 3 is 2.60 bits per heavy atom. The van der Waals surface area contributed by atoms with Crippen LogP contribution in [0.1, 0.15) is 15.4 Å². The van der Waals surface area contributed by atoms with Gasteiger partial charge in [-0.15, -0.1) is 11.3 Å². The van der Waals surface area contributed by atoms with Gasteiger partial charge in [-0.05, 0) is 43.7 Å². The average molecular weight is 358 g/mol. The van der Waals surface area contributed by atoms with Crippen LogP contribution in [0, 0.1) is 25.5 Å². The van der Waals surface area contributed by atoms with Crippen molar-refractivity contribution >= 4 is 22.9 Å². The molecule has 0 unspecified atom stereocenters. The van der Waals surface area contributed by atoms with Gasteiger partial charge >= 0.3 is 0 Å². The van der Waals surface area contributed by atoms with E-state index in [1.54, 1.807) is 0 Å². The van der Waals surface area contributed by atoms with E-state index in [0.29, 0.717) is 16.3 Å². The lowest BCUT2D eigenvalue weighted by Crippen LogP contribution is -2.14. The van der Waals surface area contributed by atoms with Gasteiger partial charge in [-0.25, -0.2) is 13.8 Å². The number of anilines is 1. The van der Waals surface area contributed by atoms with Crippen LogP contribution in [0.15, 0.2) is 42.5 Å². The first-order valence-electron chi connectivity index (χ1n) is 7.71. The van der Waals surface area contributed by atoms with Gasteiger partial charge < -0.3 is 5.32 Å². The van der Waals surface area contributed by atoms with Gasteiger partial charge in [-0.1, -0.05) is 18.2 Å². The molecule has 1 aromatic heterocycles. The Morgan fingerprint density at radius 2 is 1.88 bits per heavy atom. The molecular formula is C19H16F2N2OS. The molecule has 3 nitrogen and oxygen atoms in total. The Kier molecular flexibility index (Phi) is 4.90. The second-order valence-electron chi connectivity index (χ2n) is 5.68. The summed E-state index contributed by atoms with van der Waals surface area (Å²) in [4.78, 5) is 17.5. The van der Waals surface area contributed by atoms with Gasteiger partial charge in [-0.3, -0.25) is 4.79 Å². The Bertz CT molecular complexity index is 937. The fourth-order valence-corrected chi connectivity index (χ4v) is 3.44. The summed E-state index contributed by atoms with van der Waals surface area (Å²) in [5, 5.41) is 3.49. The van der Waals surface area contributed by atoms with Crippen LogP contribution in [0.4, 0.5) is 14.5 Å². The van der Waals surface area contributed by atoms with Crippen molar-refractivity contribution in [2.75, 3.05) is 5.32 Å². The SMILES string of the molecule is Cc1ccccc1NC(=O)Cc1nc(-c2ccc(F)c(F)c2)c(C)s1. The second-order valence-corrected chi connectivity index (χ2v) is 6.97. The number of hydrogen-bond donors (Lipinski definition) is 1. The van der Waals surface area contributed by atoms with E-state index in [-0.39, 0.29) is 12.3 Å². The van der Waals surface area contributed by atoms with Gasteiger partial charge in [0.15, 0.2) is 11.6 Å². The van der Waals surface area contributed by atoms with Crippen molar-refractivity contribution in [3.05, 3.63) is 69.5 Å². The number of thiazole rings is 1. The highest BCUT2D eigenvalue weighted by Crippen LogP contribution is 2.29. The zero-order chi connectivity index (χ0) is 18.0. The number of aromatic nitrogens is 1. The number of carbonyl (C=O) groups excluding carboxylic acids is 1. The molecule has 0 radical (unpaired) electrons. The highest BCUT2D eigenvalue weighted by atomic mass is 32.1. The monoisotopic (exact) mass is 358 g/mol. The third-order valence-corrected chi connectivity index (χ3v) is 4.74. The van der Waals surface area contributed by atoms with Crippen molar-refractivity contribution in [3.63, 3.8) is 0 Å². The number of benzene rings is 2. The first kappa shape index (κ1) is 17.2. The minimum Gasteiger partial charge on any atom is -0.325 e. The third kappa shape index (κ3) is 3.91. The predicted molar refractivity (Wildman–Crippen MR) is 95.7 cm³/mol. The number of nitrogens with zero attached hydrogens (tertiary/aromatic N) is 1. The van der Waals surface area contributed by atoms with E-state index in [9.17, 15) is 13.6 Å². The van der Waals surface area contributed by atoms with E-state index in [4.69, 9.17) is 0 Å². The Balaban J connectivity index is 1.77. The lowest BCUT2D eigenvalue weighted by molar-refractivity contribution is -0.115. The lowest BCUT2D eigenvalue weighted by Gasteiger charge is -2.06. The molecule has 2 aromatic carbocycles. The zero-order valence-corrected chi connectivity index (χ0v) is 14.6. The van der Waals surface area contributed by atoms with Crippen LogP contribution in [0.5, 0.6) is 0 Å². The highest BCUT2D eigenvalue weighted by molar-refractivity contribution is 7.12. The van der Waals surface area contributed by atoms with E-state index in [1.807, 2.05) is 38.1 Å². The summed E-state index contributed by atoms with van der Waals surface area (Å²) in [5.74, 6) is -1.97. The average Bonchev–Trinajstić information content (AvgIpc) is 2.92. The third-order valence-electron chi connectivity index (χ3n) is 3.76. The van der Waals surface area contributed by atoms with Crippen molar-refractivity contribution < 1.29 is 13.6 Å². The molecule has 3 aromatic rings. The van der Waals surface area contributed by atoms with Gasteiger partial charge in [0.2, 0.25) is 5.91 Å². The number of nitrogens with one attached hydrogen (secondary N) is 1. The maximum atomic E-state index is 13.4. The summed E-state index contributed by atoms with van der Waals surface area (Å²) in [6.07, 6.45) is 0.128. The molecule has 1 heterocycles. The smallest absolute Gasteiger partial charge is 0.231 e. The van der Waals surface area contributed by atoms with Crippen LogP contribution in [0.3, 0.4) is 0 Å². The molecule has 0 saturated carbocycles. The Labute approximate surface area is 148 Å². The number of halogens is 2. The molecule has 0 aliphatic rings. The van der Waals surface area contributed by atoms with E-state index >= 15 is 0 Å². The molecule has 0 spiro atoms. The summed E-state index contributed by atoms with van der Waals surface area (Å²) in [6.45, 7) is 3.77. The fraction of sp³-hybridized carbons (Fsp3) is 0.158. The van der Waals surface area contributed by atoms with E-state index < -0.39 is 11.6 Å². The summed E-state index contributed by atoms with van der Waals surface area (Å²) >= 11 is 1.37. The maximum Gasteiger partial charge on any atom is 0.231 e. The normalized spacial score (nSPS) is 10.7. The van der Waals surface area contributed by atoms with E-state index in [2.05, 4.69) is 10.3 Å². The summed E-state index contributed by atoms with van der Waals surface area (Å²) in [5.41, 5.74) is 2.82. The standard InChI is InChI=1S/C19H16F2N2OS/c1-11-5-3-4-6-16(11)22-17(24)10-18-23-19(12(2)25-18)13-7-8-14(20)15(21)9-13/h3-9H,10H2,1-2H3,(H,22,24). The van der Waals surface area contributed by atoms with Gasteiger partial charge in [0.25, 0.3) is 0 Å². The van der Waals surface area contributed by atoms with Crippen molar-refractivity contribution in [3.8, 4) is 11.3 Å². The van der Waals surface area contributed by atoms with Gasteiger partial charge in [0.05, 0.1) is 12.1 Å². The van der Waals surface area contributed by atoms with Crippen molar-refractivity contribution in [2.24, 2.45) is 0 Å². The molecule has 1 N–H and O–H groups in total. The number of amides is 1. The molecule has 0 aliphatic heterocycles. The number of carbonyl (C=O) groups is 1. The van der Waals surface area contributed by atoms with Gasteiger partial charge in [-0.2, -0.15) is 0 Å². The van der Waals surface area contributed by atoms with Gasteiger partial charge in [0.1, 0.15) is 5.01 Å². The van der Waals surface area contributed by atoms with Crippen LogP contribution in [0.2, 0.25) is 0 Å². The molecule has 0 aliphatic carbocycles. The first-order chi connectivity index (χ1) is 11.9. The fourth-order valence-electron chi connectivity index (χ4n) is 2.48. The lowest BCUT2D eigenvalue weighted by atomic mass is 10.1. The zero-order valence-electron chi connectivity index (χ0n) is 13.8. The molecule has 0 saturated heterocycles. The number of rotatable bonds is 4. The van der Waals surface area contributed by atoms with E-state index in [1.165, 1.54) is 17.4 Å². The van der Waals surface area contributed by atoms with Crippen LogP contribution in [-0.2, 0) is 11.2 Å². The number of hydrogen-bond acceptors (Lipinski definition) is 3.